The molecule has 0 saturated carbocycles. The molecule has 24 heavy (non-hydrogen) atoms. The van der Waals surface area contributed by atoms with Gasteiger partial charge in [-0.15, -0.1) is 11.8 Å². The van der Waals surface area contributed by atoms with Gasteiger partial charge in [0.2, 0.25) is 11.8 Å². The molecule has 0 saturated heterocycles. The Morgan fingerprint density at radius 3 is 2.50 bits per heavy atom. The Hall–Kier alpha value is -2.81. The van der Waals surface area contributed by atoms with E-state index in [0.29, 0.717) is 5.76 Å². The van der Waals surface area contributed by atoms with Gasteiger partial charge in [0.05, 0.1) is 30.0 Å². The van der Waals surface area contributed by atoms with Crippen molar-refractivity contribution < 1.29 is 18.9 Å². The molecular weight excluding hydrogens is 334 g/mol. The van der Waals surface area contributed by atoms with Crippen LogP contribution in [0, 0.1) is 10.1 Å². The number of thioether (sulfide) groups is 1. The Morgan fingerprint density at radius 1 is 1.12 bits per heavy atom. The van der Waals surface area contributed by atoms with Crippen molar-refractivity contribution in [1.82, 2.24) is 10.6 Å². The van der Waals surface area contributed by atoms with Gasteiger partial charge >= 0.3 is 0 Å². The van der Waals surface area contributed by atoms with Gasteiger partial charge in [0.25, 0.3) is 5.69 Å². The van der Waals surface area contributed by atoms with E-state index in [-0.39, 0.29) is 36.3 Å². The number of hydrogen-bond acceptors (Lipinski definition) is 6. The summed E-state index contributed by atoms with van der Waals surface area (Å²) in [5.74, 6) is 0.124. The Balaban J connectivity index is 1.65. The first-order chi connectivity index (χ1) is 11.5. The van der Waals surface area contributed by atoms with Crippen LogP contribution in [0.5, 0.6) is 0 Å². The third kappa shape index (κ3) is 5.76. The van der Waals surface area contributed by atoms with Crippen molar-refractivity contribution in [3.8, 4) is 0 Å². The molecule has 1 aromatic carbocycles. The Bertz CT molecular complexity index is 700. The second-order valence-corrected chi connectivity index (χ2v) is 5.72. The summed E-state index contributed by atoms with van der Waals surface area (Å²) < 4.78 is 5.07. The molecule has 0 fully saturated rings. The molecule has 1 aromatic heterocycles. The fraction of sp³-hybridized carbons (Fsp3) is 0.200. The number of nitrogens with zero attached hydrogens (tertiary/aromatic N) is 1. The predicted molar refractivity (Wildman–Crippen MR) is 87.4 cm³/mol. The molecular formula is C15H15N3O5S. The van der Waals surface area contributed by atoms with E-state index >= 15 is 0 Å². The third-order valence-corrected chi connectivity index (χ3v) is 3.92. The number of rotatable bonds is 8. The zero-order chi connectivity index (χ0) is 17.4. The molecule has 0 spiro atoms. The summed E-state index contributed by atoms with van der Waals surface area (Å²) in [6.45, 7) is 0.139. The molecule has 0 aliphatic rings. The zero-order valence-corrected chi connectivity index (χ0v) is 13.4. The monoisotopic (exact) mass is 349 g/mol. The number of hydrogen-bond donors (Lipinski definition) is 2. The average Bonchev–Trinajstić information content (AvgIpc) is 3.10. The lowest BCUT2D eigenvalue weighted by molar-refractivity contribution is -0.384. The summed E-state index contributed by atoms with van der Waals surface area (Å²) in [6.07, 6.45) is 1.51. The van der Waals surface area contributed by atoms with E-state index < -0.39 is 4.92 Å². The van der Waals surface area contributed by atoms with Crippen LogP contribution in [0.3, 0.4) is 0 Å². The molecule has 2 rings (SSSR count). The minimum atomic E-state index is -0.484. The molecule has 0 radical (unpaired) electrons. The summed E-state index contributed by atoms with van der Waals surface area (Å²) in [7, 11) is 0. The van der Waals surface area contributed by atoms with Crippen LogP contribution >= 0.6 is 11.8 Å². The van der Waals surface area contributed by atoms with Crippen molar-refractivity contribution in [2.45, 2.75) is 11.4 Å². The summed E-state index contributed by atoms with van der Waals surface area (Å²) >= 11 is 1.23. The molecule has 9 heteroatoms. The quantitative estimate of drug-likeness (QED) is 0.426. The van der Waals surface area contributed by atoms with Crippen LogP contribution in [0.1, 0.15) is 5.76 Å². The van der Waals surface area contributed by atoms with Gasteiger partial charge < -0.3 is 15.1 Å². The smallest absolute Gasteiger partial charge is 0.269 e. The number of non-ortho nitro benzene ring substituents is 1. The zero-order valence-electron chi connectivity index (χ0n) is 12.6. The second-order valence-electron chi connectivity index (χ2n) is 4.67. The number of nitro benzene ring substituents is 1. The van der Waals surface area contributed by atoms with Crippen LogP contribution in [0.4, 0.5) is 5.69 Å². The lowest BCUT2D eigenvalue weighted by atomic mass is 10.3. The Kier molecular flexibility index (Phi) is 6.38. The SMILES string of the molecule is O=C(CNC(=O)CSc1ccc([N+](=O)[O-])cc1)NCc1ccco1. The van der Waals surface area contributed by atoms with Crippen molar-refractivity contribution in [2.75, 3.05) is 12.3 Å². The van der Waals surface area contributed by atoms with Crippen LogP contribution in [0.2, 0.25) is 0 Å². The van der Waals surface area contributed by atoms with E-state index in [2.05, 4.69) is 10.6 Å². The minimum absolute atomic E-state index is 0.00275. The standard InChI is InChI=1S/C15H15N3O5S/c19-14(16-8-12-2-1-7-23-12)9-17-15(20)10-24-13-5-3-11(4-6-13)18(21)22/h1-7H,8-10H2,(H,16,19)(H,17,20). The third-order valence-electron chi connectivity index (χ3n) is 2.90. The molecule has 126 valence electrons. The molecule has 2 aromatic rings. The number of furan rings is 1. The Morgan fingerprint density at radius 2 is 1.88 bits per heavy atom. The first kappa shape index (κ1) is 17.5. The Labute approximate surface area is 141 Å². The second kappa shape index (κ2) is 8.73. The highest BCUT2D eigenvalue weighted by Crippen LogP contribution is 2.20. The van der Waals surface area contributed by atoms with Gasteiger partial charge in [0, 0.05) is 17.0 Å². The highest BCUT2D eigenvalue weighted by Gasteiger charge is 2.08. The lowest BCUT2D eigenvalue weighted by Gasteiger charge is -2.06. The van der Waals surface area contributed by atoms with Crippen LogP contribution in [-0.4, -0.2) is 29.0 Å². The molecule has 1 heterocycles. The molecule has 0 atom stereocenters. The molecule has 0 aliphatic heterocycles. The van der Waals surface area contributed by atoms with Crippen LogP contribution in [-0.2, 0) is 16.1 Å². The number of carbonyl (C=O) groups excluding carboxylic acids is 2. The highest BCUT2D eigenvalue weighted by atomic mass is 32.2. The number of benzene rings is 1. The van der Waals surface area contributed by atoms with Gasteiger partial charge in [-0.3, -0.25) is 19.7 Å². The molecule has 0 bridgehead atoms. The maximum absolute atomic E-state index is 11.7. The molecule has 0 unspecified atom stereocenters. The van der Waals surface area contributed by atoms with Gasteiger partial charge in [0.15, 0.2) is 0 Å². The van der Waals surface area contributed by atoms with Gasteiger partial charge in [0.1, 0.15) is 5.76 Å². The van der Waals surface area contributed by atoms with Gasteiger partial charge in [-0.05, 0) is 24.3 Å². The summed E-state index contributed by atoms with van der Waals surface area (Å²) in [6, 6.07) is 9.36. The first-order valence-corrected chi connectivity index (χ1v) is 7.96. The molecule has 2 amide bonds. The highest BCUT2D eigenvalue weighted by molar-refractivity contribution is 8.00. The number of carbonyl (C=O) groups is 2. The van der Waals surface area contributed by atoms with E-state index in [1.165, 1.54) is 30.2 Å². The number of nitrogens with one attached hydrogen (secondary N) is 2. The summed E-state index contributed by atoms with van der Waals surface area (Å²) in [5.41, 5.74) is -0.00275. The van der Waals surface area contributed by atoms with E-state index in [4.69, 9.17) is 4.42 Å². The maximum atomic E-state index is 11.7. The number of amides is 2. The fourth-order valence-electron chi connectivity index (χ4n) is 1.70. The lowest BCUT2D eigenvalue weighted by Crippen LogP contribution is -2.37. The number of nitro groups is 1. The maximum Gasteiger partial charge on any atom is 0.269 e. The van der Waals surface area contributed by atoms with Crippen LogP contribution < -0.4 is 10.6 Å². The predicted octanol–water partition coefficient (Wildman–Crippen LogP) is 1.71. The van der Waals surface area contributed by atoms with Gasteiger partial charge in [-0.1, -0.05) is 0 Å². The normalized spacial score (nSPS) is 10.2. The van der Waals surface area contributed by atoms with Crippen LogP contribution in [0.25, 0.3) is 0 Å². The summed E-state index contributed by atoms with van der Waals surface area (Å²) in [5, 5.41) is 15.7. The van der Waals surface area contributed by atoms with E-state index in [1.54, 1.807) is 24.3 Å². The van der Waals surface area contributed by atoms with Gasteiger partial charge in [-0.2, -0.15) is 0 Å². The molecule has 0 aliphatic carbocycles. The van der Waals surface area contributed by atoms with E-state index in [1.807, 2.05) is 0 Å². The largest absolute Gasteiger partial charge is 0.467 e. The van der Waals surface area contributed by atoms with Crippen molar-refractivity contribution in [3.05, 3.63) is 58.5 Å². The fourth-order valence-corrected chi connectivity index (χ4v) is 2.43. The van der Waals surface area contributed by atoms with Crippen molar-refractivity contribution in [2.24, 2.45) is 0 Å². The topological polar surface area (TPSA) is 114 Å². The summed E-state index contributed by atoms with van der Waals surface area (Å²) in [4.78, 5) is 34.1. The molecule has 8 nitrogen and oxygen atoms in total. The van der Waals surface area contributed by atoms with E-state index in [9.17, 15) is 19.7 Å². The first-order valence-electron chi connectivity index (χ1n) is 6.97. The van der Waals surface area contributed by atoms with E-state index in [0.717, 1.165) is 4.90 Å². The van der Waals surface area contributed by atoms with Crippen molar-refractivity contribution in [3.63, 3.8) is 0 Å². The van der Waals surface area contributed by atoms with Crippen molar-refractivity contribution in [1.29, 1.82) is 0 Å². The van der Waals surface area contributed by atoms with Crippen LogP contribution in [0.15, 0.2) is 52.0 Å². The van der Waals surface area contributed by atoms with Gasteiger partial charge in [-0.25, -0.2) is 0 Å². The minimum Gasteiger partial charge on any atom is -0.467 e. The average molecular weight is 349 g/mol. The molecule has 2 N–H and O–H groups in total. The van der Waals surface area contributed by atoms with Crippen molar-refractivity contribution >= 4 is 29.3 Å².